The zero-order chi connectivity index (χ0) is 17.6. The normalized spacial score (nSPS) is 11.7. The van der Waals surface area contributed by atoms with E-state index in [0.717, 1.165) is 5.56 Å². The van der Waals surface area contributed by atoms with Crippen molar-refractivity contribution in [3.05, 3.63) is 36.4 Å². The lowest BCUT2D eigenvalue weighted by molar-refractivity contribution is 0.100. The molecule has 0 aliphatic heterocycles. The first-order chi connectivity index (χ1) is 11.4. The van der Waals surface area contributed by atoms with Crippen LogP contribution in [0.4, 0.5) is 5.82 Å². The van der Waals surface area contributed by atoms with E-state index in [-0.39, 0.29) is 37.0 Å². The molecule has 9 heteroatoms. The van der Waals surface area contributed by atoms with Crippen molar-refractivity contribution in [1.82, 2.24) is 15.5 Å². The van der Waals surface area contributed by atoms with Crippen LogP contribution in [-0.2, 0) is 0 Å². The summed E-state index contributed by atoms with van der Waals surface area (Å²) in [5.74, 6) is 6.43. The number of hydrogen-bond donors (Lipinski definition) is 4. The number of nitrogens with zero attached hydrogens (tertiary/aromatic N) is 2. The number of β-amino-alcohol motifs (C(OH)–C–C–N with tert-alkyl or cyclic N) is 1. The third-order valence-corrected chi connectivity index (χ3v) is 3.27. The standard InChI is InChI=1S/C17H25N5O2.2ClH/c1-17(2,3)19-10-12(23)11-24-15-7-5-4-6-13(15)14-8-9-16(20-18)22-21-14;;/h4-9,12,19,23H,10-11,18H2,1-3H3,(H,20,22);2*1H. The number of ether oxygens (including phenoxy) is 1. The largest absolute Gasteiger partial charge is 0.490 e. The molecule has 0 radical (unpaired) electrons. The van der Waals surface area contributed by atoms with Crippen LogP contribution in [-0.4, -0.2) is 40.1 Å². The minimum atomic E-state index is -0.604. The number of hydrazine groups is 1. The molecule has 0 bridgehead atoms. The smallest absolute Gasteiger partial charge is 0.162 e. The monoisotopic (exact) mass is 403 g/mol. The Kier molecular flexibility index (Phi) is 10.4. The average molecular weight is 404 g/mol. The molecule has 26 heavy (non-hydrogen) atoms. The van der Waals surface area contributed by atoms with E-state index in [1.54, 1.807) is 6.07 Å². The highest BCUT2D eigenvalue weighted by atomic mass is 35.5. The third kappa shape index (κ3) is 7.72. The summed E-state index contributed by atoms with van der Waals surface area (Å²) in [5.41, 5.74) is 3.88. The Hall–Kier alpha value is -1.64. The summed E-state index contributed by atoms with van der Waals surface area (Å²) < 4.78 is 5.78. The quantitative estimate of drug-likeness (QED) is 0.415. The number of halogens is 2. The zero-order valence-electron chi connectivity index (χ0n) is 15.1. The Morgan fingerprint density at radius 2 is 1.81 bits per heavy atom. The fourth-order valence-corrected chi connectivity index (χ4v) is 2.03. The van der Waals surface area contributed by atoms with Gasteiger partial charge in [-0.2, -0.15) is 0 Å². The zero-order valence-corrected chi connectivity index (χ0v) is 16.7. The lowest BCUT2D eigenvalue weighted by Crippen LogP contribution is -2.42. The van der Waals surface area contributed by atoms with Gasteiger partial charge < -0.3 is 20.6 Å². The Labute approximate surface area is 166 Å². The van der Waals surface area contributed by atoms with Crippen LogP contribution in [0.2, 0.25) is 0 Å². The number of aromatic nitrogens is 2. The second kappa shape index (κ2) is 11.2. The summed E-state index contributed by atoms with van der Waals surface area (Å²) in [6, 6.07) is 11.1. The van der Waals surface area contributed by atoms with E-state index in [2.05, 4.69) is 41.7 Å². The number of nitrogens with two attached hydrogens (primary N) is 1. The van der Waals surface area contributed by atoms with Gasteiger partial charge in [0.25, 0.3) is 0 Å². The Morgan fingerprint density at radius 1 is 1.12 bits per heavy atom. The predicted molar refractivity (Wildman–Crippen MR) is 109 cm³/mol. The molecule has 146 valence electrons. The van der Waals surface area contributed by atoms with Crippen LogP contribution < -0.4 is 21.3 Å². The van der Waals surface area contributed by atoms with Gasteiger partial charge in [0.15, 0.2) is 5.82 Å². The first kappa shape index (κ1) is 24.4. The highest BCUT2D eigenvalue weighted by molar-refractivity contribution is 5.85. The maximum absolute atomic E-state index is 10.1. The van der Waals surface area contributed by atoms with Crippen LogP contribution >= 0.6 is 24.8 Å². The average Bonchev–Trinajstić information content (AvgIpc) is 2.58. The van der Waals surface area contributed by atoms with E-state index in [1.165, 1.54) is 0 Å². The molecule has 1 unspecified atom stereocenters. The van der Waals surface area contributed by atoms with Crippen LogP contribution in [0.5, 0.6) is 5.75 Å². The molecule has 0 aliphatic rings. The number of aliphatic hydroxyl groups is 1. The molecule has 0 amide bonds. The molecule has 1 atom stereocenters. The molecule has 0 saturated heterocycles. The number of aliphatic hydroxyl groups excluding tert-OH is 1. The molecule has 7 nitrogen and oxygen atoms in total. The maximum atomic E-state index is 10.1. The van der Waals surface area contributed by atoms with Gasteiger partial charge in [-0.15, -0.1) is 35.0 Å². The second-order valence-corrected chi connectivity index (χ2v) is 6.54. The molecule has 5 N–H and O–H groups in total. The number of anilines is 1. The Morgan fingerprint density at radius 3 is 2.38 bits per heavy atom. The highest BCUT2D eigenvalue weighted by Crippen LogP contribution is 2.28. The molecular weight excluding hydrogens is 377 g/mol. The summed E-state index contributed by atoms with van der Waals surface area (Å²) in [4.78, 5) is 0. The van der Waals surface area contributed by atoms with Crippen molar-refractivity contribution in [3.8, 4) is 17.0 Å². The lowest BCUT2D eigenvalue weighted by Gasteiger charge is -2.23. The van der Waals surface area contributed by atoms with Gasteiger partial charge in [-0.1, -0.05) is 12.1 Å². The third-order valence-electron chi connectivity index (χ3n) is 3.27. The summed E-state index contributed by atoms with van der Waals surface area (Å²) in [7, 11) is 0. The number of nitrogens with one attached hydrogen (secondary N) is 2. The molecular formula is C17H27Cl2N5O2. The molecule has 2 rings (SSSR count). The molecule has 1 aromatic carbocycles. The summed E-state index contributed by atoms with van der Waals surface area (Å²) in [6.45, 7) is 6.80. The number of rotatable bonds is 7. The van der Waals surface area contributed by atoms with E-state index in [9.17, 15) is 5.11 Å². The van der Waals surface area contributed by atoms with Crippen LogP contribution in [0.3, 0.4) is 0 Å². The number of hydrogen-bond acceptors (Lipinski definition) is 7. The van der Waals surface area contributed by atoms with Crippen molar-refractivity contribution in [2.75, 3.05) is 18.6 Å². The minimum absolute atomic E-state index is 0. The number of para-hydroxylation sites is 1. The van der Waals surface area contributed by atoms with Gasteiger partial charge in [-0.05, 0) is 45.0 Å². The Bertz CT molecular complexity index is 650. The topological polar surface area (TPSA) is 105 Å². The first-order valence-corrected chi connectivity index (χ1v) is 7.84. The van der Waals surface area contributed by atoms with Crippen molar-refractivity contribution < 1.29 is 9.84 Å². The van der Waals surface area contributed by atoms with E-state index in [1.807, 2.05) is 30.3 Å². The van der Waals surface area contributed by atoms with Gasteiger partial charge in [0.05, 0.1) is 5.69 Å². The minimum Gasteiger partial charge on any atom is -0.490 e. The number of benzene rings is 1. The van der Waals surface area contributed by atoms with Gasteiger partial charge in [-0.25, -0.2) is 5.84 Å². The molecule has 0 spiro atoms. The fourth-order valence-electron chi connectivity index (χ4n) is 2.03. The number of nitrogen functional groups attached to an aromatic ring is 1. The van der Waals surface area contributed by atoms with E-state index < -0.39 is 6.10 Å². The van der Waals surface area contributed by atoms with E-state index in [0.29, 0.717) is 23.8 Å². The SMILES string of the molecule is CC(C)(C)NCC(O)COc1ccccc1-c1ccc(NN)nn1.Cl.Cl. The van der Waals surface area contributed by atoms with Crippen LogP contribution in [0.25, 0.3) is 11.3 Å². The molecule has 0 saturated carbocycles. The fraction of sp³-hybridized carbons (Fsp3) is 0.412. The van der Waals surface area contributed by atoms with Crippen molar-refractivity contribution in [3.63, 3.8) is 0 Å². The summed E-state index contributed by atoms with van der Waals surface area (Å²) in [5, 5.41) is 21.4. The lowest BCUT2D eigenvalue weighted by atomic mass is 10.1. The van der Waals surface area contributed by atoms with Crippen LogP contribution in [0.1, 0.15) is 20.8 Å². The highest BCUT2D eigenvalue weighted by Gasteiger charge is 2.14. The van der Waals surface area contributed by atoms with E-state index in [4.69, 9.17) is 10.6 Å². The van der Waals surface area contributed by atoms with Crippen molar-refractivity contribution in [1.29, 1.82) is 0 Å². The molecule has 1 heterocycles. The van der Waals surface area contributed by atoms with Crippen LogP contribution in [0.15, 0.2) is 36.4 Å². The van der Waals surface area contributed by atoms with Crippen molar-refractivity contribution in [2.45, 2.75) is 32.4 Å². The van der Waals surface area contributed by atoms with Gasteiger partial charge in [0.2, 0.25) is 0 Å². The second-order valence-electron chi connectivity index (χ2n) is 6.54. The first-order valence-electron chi connectivity index (χ1n) is 7.84. The van der Waals surface area contributed by atoms with E-state index >= 15 is 0 Å². The summed E-state index contributed by atoms with van der Waals surface area (Å²) >= 11 is 0. The van der Waals surface area contributed by atoms with Crippen molar-refractivity contribution in [2.24, 2.45) is 5.84 Å². The summed E-state index contributed by atoms with van der Waals surface area (Å²) in [6.07, 6.45) is -0.604. The maximum Gasteiger partial charge on any atom is 0.162 e. The Balaban J connectivity index is 0.00000312. The molecule has 0 fully saturated rings. The van der Waals surface area contributed by atoms with Gasteiger partial charge in [0, 0.05) is 17.6 Å². The predicted octanol–water partition coefficient (Wildman–Crippen LogP) is 2.40. The molecule has 0 aliphatic carbocycles. The molecule has 2 aromatic rings. The molecule has 1 aromatic heterocycles. The van der Waals surface area contributed by atoms with Gasteiger partial charge in [-0.3, -0.25) is 0 Å². The van der Waals surface area contributed by atoms with Crippen LogP contribution in [0, 0.1) is 0 Å². The van der Waals surface area contributed by atoms with Crippen molar-refractivity contribution >= 4 is 30.6 Å². The van der Waals surface area contributed by atoms with Gasteiger partial charge in [0.1, 0.15) is 18.5 Å². The van der Waals surface area contributed by atoms with Gasteiger partial charge >= 0.3 is 0 Å².